The van der Waals surface area contributed by atoms with E-state index >= 15 is 0 Å². The molecule has 2 aliphatic heterocycles. The van der Waals surface area contributed by atoms with Crippen molar-refractivity contribution in [3.05, 3.63) is 20.7 Å². The molecule has 15 heavy (non-hydrogen) atoms. The van der Waals surface area contributed by atoms with Gasteiger partial charge in [0.25, 0.3) is 0 Å². The van der Waals surface area contributed by atoms with Gasteiger partial charge in [0.2, 0.25) is 0 Å². The van der Waals surface area contributed by atoms with Crippen LogP contribution >= 0.6 is 34.1 Å². The third-order valence-corrected chi connectivity index (χ3v) is 5.62. The normalized spacial score (nSPS) is 30.7. The number of rotatable bonds is 1. The Morgan fingerprint density at radius 3 is 3.07 bits per heavy atom. The van der Waals surface area contributed by atoms with Crippen LogP contribution in [0.2, 0.25) is 0 Å². The molecule has 80 valence electrons. The Kier molecular flexibility index (Phi) is 2.60. The van der Waals surface area contributed by atoms with E-state index in [1.54, 1.807) is 11.5 Å². The maximum Gasteiger partial charge on any atom is 0.0641 e. The molecule has 1 aromatic rings. The van der Waals surface area contributed by atoms with Gasteiger partial charge in [-0.3, -0.25) is 4.90 Å². The largest absolute Gasteiger partial charge is 0.297 e. The van der Waals surface area contributed by atoms with Crippen LogP contribution in [0, 0.1) is 3.57 Å². The highest BCUT2D eigenvalue weighted by Gasteiger charge is 2.34. The van der Waals surface area contributed by atoms with E-state index in [4.69, 9.17) is 0 Å². The van der Waals surface area contributed by atoms with Crippen molar-refractivity contribution < 1.29 is 0 Å². The first kappa shape index (κ1) is 10.2. The molecule has 0 radical (unpaired) electrons. The Bertz CT molecular complexity index is 412. The zero-order valence-electron chi connectivity index (χ0n) is 8.61. The minimum Gasteiger partial charge on any atom is -0.297 e. The van der Waals surface area contributed by atoms with E-state index in [2.05, 4.69) is 45.0 Å². The van der Waals surface area contributed by atoms with Crippen LogP contribution in [-0.4, -0.2) is 28.4 Å². The molecule has 2 unspecified atom stereocenters. The summed E-state index contributed by atoms with van der Waals surface area (Å²) in [4.78, 5) is 3.93. The second kappa shape index (κ2) is 3.82. The number of nitrogens with zero attached hydrogens (tertiary/aromatic N) is 2. The van der Waals surface area contributed by atoms with E-state index in [1.807, 2.05) is 6.20 Å². The monoisotopic (exact) mass is 332 g/mol. The molecule has 2 bridgehead atoms. The van der Waals surface area contributed by atoms with Crippen LogP contribution in [0.15, 0.2) is 12.3 Å². The van der Waals surface area contributed by atoms with E-state index in [0.29, 0.717) is 6.04 Å². The van der Waals surface area contributed by atoms with Crippen LogP contribution in [0.3, 0.4) is 0 Å². The lowest BCUT2D eigenvalue weighted by Crippen LogP contribution is -2.34. The molecule has 1 saturated heterocycles. The van der Waals surface area contributed by atoms with E-state index in [-0.39, 0.29) is 0 Å². The lowest BCUT2D eigenvalue weighted by atomic mass is 10.0. The Morgan fingerprint density at radius 2 is 2.40 bits per heavy atom. The predicted molar refractivity (Wildman–Crippen MR) is 72.0 cm³/mol. The second-order valence-electron chi connectivity index (χ2n) is 4.36. The standard InChI is InChI=1S/C11H13IN2S/c1-14-8-2-3-9(14)5-7(4-8)11-10(12)6-13-15-11/h4,6,8-9H,2-3,5H2,1H3. The molecule has 1 aromatic heterocycles. The van der Waals surface area contributed by atoms with Gasteiger partial charge in [-0.1, -0.05) is 6.08 Å². The van der Waals surface area contributed by atoms with Crippen molar-refractivity contribution in [3.8, 4) is 0 Å². The average Bonchev–Trinajstić information content (AvgIpc) is 2.70. The van der Waals surface area contributed by atoms with E-state index in [9.17, 15) is 0 Å². The van der Waals surface area contributed by atoms with Crippen molar-refractivity contribution >= 4 is 39.7 Å². The molecule has 4 heteroatoms. The molecule has 2 nitrogen and oxygen atoms in total. The van der Waals surface area contributed by atoms with Crippen LogP contribution < -0.4 is 0 Å². The molecule has 0 saturated carbocycles. The van der Waals surface area contributed by atoms with Crippen LogP contribution in [0.5, 0.6) is 0 Å². The minimum absolute atomic E-state index is 0.677. The van der Waals surface area contributed by atoms with Crippen molar-refractivity contribution in [2.45, 2.75) is 31.3 Å². The van der Waals surface area contributed by atoms with Crippen molar-refractivity contribution in [2.24, 2.45) is 0 Å². The van der Waals surface area contributed by atoms with Crippen molar-refractivity contribution in [1.82, 2.24) is 9.27 Å². The molecule has 3 heterocycles. The number of hydrogen-bond donors (Lipinski definition) is 0. The van der Waals surface area contributed by atoms with Gasteiger partial charge in [0.15, 0.2) is 0 Å². The second-order valence-corrected chi connectivity index (χ2v) is 6.33. The number of halogens is 1. The topological polar surface area (TPSA) is 16.1 Å². The van der Waals surface area contributed by atoms with Gasteiger partial charge in [-0.2, -0.15) is 4.37 Å². The van der Waals surface area contributed by atoms with Crippen molar-refractivity contribution in [2.75, 3.05) is 7.05 Å². The smallest absolute Gasteiger partial charge is 0.0641 e. The SMILES string of the molecule is CN1C2C=C(c3sncc3I)CC1CC2. The Labute approximate surface area is 108 Å². The quantitative estimate of drug-likeness (QED) is 0.735. The molecule has 2 aliphatic rings. The third-order valence-electron chi connectivity index (χ3n) is 3.56. The zero-order chi connectivity index (χ0) is 10.4. The summed E-state index contributed by atoms with van der Waals surface area (Å²) < 4.78 is 5.58. The summed E-state index contributed by atoms with van der Waals surface area (Å²) in [6.07, 6.45) is 8.34. The summed E-state index contributed by atoms with van der Waals surface area (Å²) >= 11 is 4.04. The fraction of sp³-hybridized carbons (Fsp3) is 0.545. The van der Waals surface area contributed by atoms with Crippen LogP contribution in [0.25, 0.3) is 5.57 Å². The molecule has 2 atom stereocenters. The summed E-state index contributed by atoms with van der Waals surface area (Å²) in [5, 5.41) is 0. The van der Waals surface area contributed by atoms with Gasteiger partial charge in [0.05, 0.1) is 14.6 Å². The Morgan fingerprint density at radius 1 is 1.53 bits per heavy atom. The van der Waals surface area contributed by atoms with Crippen molar-refractivity contribution in [1.29, 1.82) is 0 Å². The van der Waals surface area contributed by atoms with Gasteiger partial charge >= 0.3 is 0 Å². The highest BCUT2D eigenvalue weighted by Crippen LogP contribution is 2.39. The molecule has 0 amide bonds. The zero-order valence-corrected chi connectivity index (χ0v) is 11.6. The third kappa shape index (κ3) is 1.66. The molecule has 0 spiro atoms. The fourth-order valence-electron chi connectivity index (χ4n) is 2.65. The number of hydrogen-bond acceptors (Lipinski definition) is 3. The highest BCUT2D eigenvalue weighted by molar-refractivity contribution is 14.1. The molecule has 0 aliphatic carbocycles. The van der Waals surface area contributed by atoms with Gasteiger partial charge in [-0.25, -0.2) is 0 Å². The van der Waals surface area contributed by atoms with E-state index in [1.165, 1.54) is 33.3 Å². The van der Waals surface area contributed by atoms with Crippen LogP contribution in [-0.2, 0) is 0 Å². The number of likely N-dealkylation sites (N-methyl/N-ethyl adjacent to an activating group) is 1. The first-order valence-electron chi connectivity index (χ1n) is 5.29. The molecule has 0 aromatic carbocycles. The molecular weight excluding hydrogens is 319 g/mol. The first-order valence-corrected chi connectivity index (χ1v) is 7.14. The summed E-state index contributed by atoms with van der Waals surface area (Å²) in [7, 11) is 2.26. The number of fused-ring (bicyclic) bond motifs is 2. The van der Waals surface area contributed by atoms with E-state index < -0.39 is 0 Å². The lowest BCUT2D eigenvalue weighted by Gasteiger charge is -2.30. The maximum atomic E-state index is 4.27. The van der Waals surface area contributed by atoms with Crippen LogP contribution in [0.1, 0.15) is 24.1 Å². The van der Waals surface area contributed by atoms with Gasteiger partial charge in [0.1, 0.15) is 0 Å². The highest BCUT2D eigenvalue weighted by atomic mass is 127. The molecule has 0 N–H and O–H groups in total. The summed E-state index contributed by atoms with van der Waals surface area (Å²) in [5.74, 6) is 0. The van der Waals surface area contributed by atoms with Crippen LogP contribution in [0.4, 0.5) is 0 Å². The summed E-state index contributed by atoms with van der Waals surface area (Å²) in [6.45, 7) is 0. The Balaban J connectivity index is 1.97. The molecule has 1 fully saturated rings. The fourth-order valence-corrected chi connectivity index (χ4v) is 4.29. The number of aromatic nitrogens is 1. The Hall–Kier alpha value is 0.0600. The van der Waals surface area contributed by atoms with E-state index in [0.717, 1.165) is 6.04 Å². The van der Waals surface area contributed by atoms with Gasteiger partial charge in [0, 0.05) is 12.1 Å². The molecular formula is C11H13IN2S. The maximum absolute atomic E-state index is 4.27. The molecule has 3 rings (SSSR count). The van der Waals surface area contributed by atoms with Gasteiger partial charge in [-0.15, -0.1) is 0 Å². The summed E-state index contributed by atoms with van der Waals surface area (Å²) in [6, 6.07) is 1.45. The lowest BCUT2D eigenvalue weighted by molar-refractivity contribution is 0.264. The first-order chi connectivity index (χ1) is 7.25. The average molecular weight is 332 g/mol. The minimum atomic E-state index is 0.677. The predicted octanol–water partition coefficient (Wildman–Crippen LogP) is 3.00. The summed E-state index contributed by atoms with van der Waals surface area (Å²) in [5.41, 5.74) is 1.53. The van der Waals surface area contributed by atoms with Gasteiger partial charge in [-0.05, 0) is 66.0 Å². The van der Waals surface area contributed by atoms with Crippen molar-refractivity contribution in [3.63, 3.8) is 0 Å². The van der Waals surface area contributed by atoms with Gasteiger partial charge < -0.3 is 0 Å².